The van der Waals surface area contributed by atoms with Crippen molar-refractivity contribution in [2.75, 3.05) is 33.0 Å². The maximum absolute atomic E-state index is 13.9. The minimum atomic E-state index is -4.74. The fraction of sp³-hybridized carbons (Fsp3) is 0.649. The topological polar surface area (TPSA) is 314 Å². The van der Waals surface area contributed by atoms with Crippen LogP contribution in [0, 0.1) is 5.92 Å². The number of primary amides is 1. The standard InChI is InChI=1S/C37H59N8O13PS/c1-22(2)16-26(42-36(53)29-9-6-12-45(29)30(48)11-13-56-37(4,5)20-47)33(50)41-27(17-24-18-39-21-40-24)34(51)43-28(19-46)35(52)44-31(32(38)49)23(3)58-59(54,55)57-14-10-25-8-7-15-60-25/h7-8,15,18,21-23,26-29,31,46-47H,6,9-14,16-17,19-20H2,1-5H3,(H2,38,49)(H,39,40)(H,41,50)(H,42,53)(H,43,51)(H,44,52)(H,54,55)/t23-,26+,27+,28+,29+,31+/m1/s1. The SMILES string of the molecule is CC(C)C[C@H](NC(=O)[C@@H]1CCCN1C(=O)CCOC(C)(C)CO)C(=O)N[C@@H](Cc1cnc[nH]1)C(=O)N[C@@H](CO)C(=O)N[C@H](C(N)=O)[C@@H](C)OP(=O)(O)OCCc1cccs1. The van der Waals surface area contributed by atoms with Gasteiger partial charge in [0, 0.05) is 36.2 Å². The molecule has 0 bridgehead atoms. The summed E-state index contributed by atoms with van der Waals surface area (Å²) in [6.45, 7) is 7.16. The third kappa shape index (κ3) is 16.3. The lowest BCUT2D eigenvalue weighted by Crippen LogP contribution is -2.61. The van der Waals surface area contributed by atoms with E-state index >= 15 is 0 Å². The first-order valence-corrected chi connectivity index (χ1v) is 21.9. The zero-order valence-corrected chi connectivity index (χ0v) is 36.2. The number of hydrogen-bond donors (Lipinski definition) is 9. The lowest BCUT2D eigenvalue weighted by atomic mass is 10.0. The second-order valence-electron chi connectivity index (χ2n) is 15.4. The maximum Gasteiger partial charge on any atom is 0.472 e. The minimum absolute atomic E-state index is 0.0212. The summed E-state index contributed by atoms with van der Waals surface area (Å²) in [5.41, 5.74) is 5.04. The molecule has 0 radical (unpaired) electrons. The summed E-state index contributed by atoms with van der Waals surface area (Å²) in [6, 6.07) is -3.23. The molecule has 0 aliphatic carbocycles. The van der Waals surface area contributed by atoms with Gasteiger partial charge in [0.2, 0.25) is 35.4 Å². The van der Waals surface area contributed by atoms with Gasteiger partial charge >= 0.3 is 7.82 Å². The quantitative estimate of drug-likeness (QED) is 0.0534. The molecule has 23 heteroatoms. The lowest BCUT2D eigenvalue weighted by Gasteiger charge is -2.29. The summed E-state index contributed by atoms with van der Waals surface area (Å²) in [5.74, 6) is -4.97. The summed E-state index contributed by atoms with van der Waals surface area (Å²) in [6.07, 6.45) is 2.42. The van der Waals surface area contributed by atoms with Crippen molar-refractivity contribution in [1.82, 2.24) is 36.1 Å². The van der Waals surface area contributed by atoms with E-state index < -0.39 is 85.9 Å². The van der Waals surface area contributed by atoms with Gasteiger partial charge in [-0.3, -0.25) is 37.8 Å². The van der Waals surface area contributed by atoms with Crippen LogP contribution in [0.15, 0.2) is 30.0 Å². The van der Waals surface area contributed by atoms with E-state index in [1.807, 2.05) is 25.3 Å². The van der Waals surface area contributed by atoms with Gasteiger partial charge in [0.05, 0.1) is 50.9 Å². The molecule has 1 unspecified atom stereocenters. The Morgan fingerprint density at radius 3 is 2.32 bits per heavy atom. The van der Waals surface area contributed by atoms with Crippen molar-refractivity contribution >= 4 is 54.6 Å². The van der Waals surface area contributed by atoms with Crippen molar-refractivity contribution in [3.8, 4) is 0 Å². The van der Waals surface area contributed by atoms with Crippen molar-refractivity contribution in [3.05, 3.63) is 40.6 Å². The van der Waals surface area contributed by atoms with Crippen molar-refractivity contribution in [2.24, 2.45) is 11.7 Å². The predicted molar refractivity (Wildman–Crippen MR) is 217 cm³/mol. The highest BCUT2D eigenvalue weighted by molar-refractivity contribution is 7.47. The number of likely N-dealkylation sites (tertiary alicyclic amines) is 1. The fourth-order valence-electron chi connectivity index (χ4n) is 6.17. The molecule has 1 aliphatic heterocycles. The number of carbonyl (C=O) groups excluding carboxylic acids is 6. The van der Waals surface area contributed by atoms with Crippen LogP contribution in [0.1, 0.15) is 70.9 Å². The van der Waals surface area contributed by atoms with Crippen LogP contribution < -0.4 is 27.0 Å². The van der Waals surface area contributed by atoms with E-state index in [0.29, 0.717) is 31.5 Å². The Bertz CT molecular complexity index is 1760. The molecule has 1 fully saturated rings. The molecule has 2 aromatic heterocycles. The summed E-state index contributed by atoms with van der Waals surface area (Å²) >= 11 is 1.42. The highest BCUT2D eigenvalue weighted by Crippen LogP contribution is 2.45. The Hall–Kier alpha value is -4.28. The summed E-state index contributed by atoms with van der Waals surface area (Å²) in [4.78, 5) is 99.4. The molecule has 1 aliphatic rings. The van der Waals surface area contributed by atoms with Crippen LogP contribution in [0.5, 0.6) is 0 Å². The first-order chi connectivity index (χ1) is 28.3. The average molecular weight is 887 g/mol. The number of ether oxygens (including phenoxy) is 1. The van der Waals surface area contributed by atoms with Gasteiger partial charge in [0.15, 0.2) is 0 Å². The smallest absolute Gasteiger partial charge is 0.394 e. The number of aromatic nitrogens is 2. The number of rotatable bonds is 26. The Morgan fingerprint density at radius 2 is 1.72 bits per heavy atom. The molecule has 21 nitrogen and oxygen atoms in total. The molecule has 2 aromatic rings. The summed E-state index contributed by atoms with van der Waals surface area (Å²) in [5, 5.41) is 31.3. The number of aromatic amines is 1. The molecular formula is C37H59N8O13PS. The number of phosphoric ester groups is 1. The normalized spacial score (nSPS) is 17.8. The zero-order chi connectivity index (χ0) is 44.6. The number of carbonyl (C=O) groups is 6. The molecule has 3 rings (SSSR count). The van der Waals surface area contributed by atoms with E-state index in [1.165, 1.54) is 35.7 Å². The number of nitrogens with one attached hydrogen (secondary N) is 5. The van der Waals surface area contributed by atoms with E-state index in [2.05, 4.69) is 31.2 Å². The van der Waals surface area contributed by atoms with Gasteiger partial charge in [0.1, 0.15) is 30.2 Å². The van der Waals surface area contributed by atoms with E-state index in [9.17, 15) is 48.4 Å². The van der Waals surface area contributed by atoms with Crippen LogP contribution >= 0.6 is 19.2 Å². The number of aliphatic hydroxyl groups excluding tert-OH is 2. The minimum Gasteiger partial charge on any atom is -0.394 e. The van der Waals surface area contributed by atoms with Crippen LogP contribution in [0.2, 0.25) is 0 Å². The van der Waals surface area contributed by atoms with Crippen LogP contribution in [-0.4, -0.2) is 140 Å². The monoisotopic (exact) mass is 886 g/mol. The van der Waals surface area contributed by atoms with Gasteiger partial charge in [-0.15, -0.1) is 11.3 Å². The molecule has 7 atom stereocenters. The molecule has 0 spiro atoms. The van der Waals surface area contributed by atoms with Gasteiger partial charge in [-0.2, -0.15) is 0 Å². The Balaban J connectivity index is 1.69. The number of imidazole rings is 1. The number of nitrogens with two attached hydrogens (primary N) is 1. The van der Waals surface area contributed by atoms with Crippen molar-refractivity contribution in [2.45, 2.75) is 115 Å². The number of hydrogen-bond acceptors (Lipinski definition) is 14. The molecule has 3 heterocycles. The molecule has 1 saturated heterocycles. The van der Waals surface area contributed by atoms with Crippen LogP contribution in [0.3, 0.4) is 0 Å². The highest BCUT2D eigenvalue weighted by atomic mass is 32.1. The zero-order valence-electron chi connectivity index (χ0n) is 34.5. The second kappa shape index (κ2) is 23.6. The number of nitrogens with zero attached hydrogens (tertiary/aromatic N) is 2. The van der Waals surface area contributed by atoms with Gasteiger partial charge in [-0.05, 0) is 57.4 Å². The first-order valence-electron chi connectivity index (χ1n) is 19.6. The molecule has 0 aromatic carbocycles. The highest BCUT2D eigenvalue weighted by Gasteiger charge is 2.38. The van der Waals surface area contributed by atoms with Gasteiger partial charge in [-0.25, -0.2) is 9.55 Å². The Morgan fingerprint density at radius 1 is 1.03 bits per heavy atom. The number of aliphatic hydroxyl groups is 2. The van der Waals surface area contributed by atoms with Crippen molar-refractivity contribution in [3.63, 3.8) is 0 Å². The van der Waals surface area contributed by atoms with Crippen LogP contribution in [0.25, 0.3) is 0 Å². The maximum atomic E-state index is 13.9. The molecule has 0 saturated carbocycles. The molecular weight excluding hydrogens is 827 g/mol. The Labute approximate surface area is 352 Å². The molecule has 60 heavy (non-hydrogen) atoms. The molecule has 6 amide bonds. The molecule has 336 valence electrons. The fourth-order valence-corrected chi connectivity index (χ4v) is 7.78. The number of amides is 6. The third-order valence-electron chi connectivity index (χ3n) is 9.39. The first kappa shape index (κ1) is 50.1. The van der Waals surface area contributed by atoms with Gasteiger partial charge in [0.25, 0.3) is 0 Å². The van der Waals surface area contributed by atoms with E-state index in [-0.39, 0.29) is 50.9 Å². The summed E-state index contributed by atoms with van der Waals surface area (Å²) in [7, 11) is -4.74. The van der Waals surface area contributed by atoms with E-state index in [1.54, 1.807) is 19.9 Å². The van der Waals surface area contributed by atoms with E-state index in [4.69, 9.17) is 19.5 Å². The average Bonchev–Trinajstić information content (AvgIpc) is 3.99. The van der Waals surface area contributed by atoms with Crippen LogP contribution in [-0.2, 0) is 60.0 Å². The second-order valence-corrected chi connectivity index (χ2v) is 17.8. The van der Waals surface area contributed by atoms with Gasteiger partial charge in [-0.1, -0.05) is 19.9 Å². The van der Waals surface area contributed by atoms with Gasteiger partial charge < -0.3 is 56.7 Å². The van der Waals surface area contributed by atoms with Crippen molar-refractivity contribution < 1.29 is 62.2 Å². The van der Waals surface area contributed by atoms with Crippen molar-refractivity contribution in [1.29, 1.82) is 0 Å². The predicted octanol–water partition coefficient (Wildman–Crippen LogP) is -0.590. The summed E-state index contributed by atoms with van der Waals surface area (Å²) < 4.78 is 28.3. The lowest BCUT2D eigenvalue weighted by molar-refractivity contribution is -0.141. The third-order valence-corrected chi connectivity index (χ3v) is 11.4. The Kier molecular flexibility index (Phi) is 19.7. The van der Waals surface area contributed by atoms with E-state index in [0.717, 1.165) is 4.88 Å². The largest absolute Gasteiger partial charge is 0.472 e. The number of thiophene rings is 1. The number of phosphoric acid groups is 1. The van der Waals surface area contributed by atoms with Crippen LogP contribution in [0.4, 0.5) is 0 Å². The number of H-pyrrole nitrogens is 1. The molecule has 10 N–H and O–H groups in total.